The third-order valence-corrected chi connectivity index (χ3v) is 7.37. The van der Waals surface area contributed by atoms with Gasteiger partial charge in [0.15, 0.2) is 0 Å². The second kappa shape index (κ2) is 9.41. The molecule has 1 aliphatic carbocycles. The van der Waals surface area contributed by atoms with Crippen molar-refractivity contribution in [2.24, 2.45) is 11.3 Å². The molecule has 3 rings (SSSR count). The fraction of sp³-hybridized carbons (Fsp3) is 0.609. The van der Waals surface area contributed by atoms with Gasteiger partial charge in [-0.05, 0) is 61.3 Å². The highest BCUT2D eigenvalue weighted by atomic mass is 32.2. The van der Waals surface area contributed by atoms with Gasteiger partial charge >= 0.3 is 6.03 Å². The lowest BCUT2D eigenvalue weighted by Crippen LogP contribution is -2.51. The Morgan fingerprint density at radius 3 is 2.50 bits per heavy atom. The Balaban J connectivity index is 1.42. The smallest absolute Gasteiger partial charge is 0.325 e. The maximum Gasteiger partial charge on any atom is 0.325 e. The number of carbonyl (C=O) groups is 3. The highest BCUT2D eigenvalue weighted by molar-refractivity contribution is 7.99. The molecule has 1 aliphatic heterocycles. The van der Waals surface area contributed by atoms with Crippen LogP contribution < -0.4 is 10.6 Å². The third kappa shape index (κ3) is 5.36. The van der Waals surface area contributed by atoms with E-state index in [0.29, 0.717) is 25.3 Å². The minimum absolute atomic E-state index is 0.200. The molecule has 1 saturated heterocycles. The minimum atomic E-state index is -0.814. The van der Waals surface area contributed by atoms with E-state index >= 15 is 0 Å². The van der Waals surface area contributed by atoms with Gasteiger partial charge in [0.2, 0.25) is 5.91 Å². The van der Waals surface area contributed by atoms with Crippen LogP contribution in [-0.2, 0) is 9.59 Å². The lowest BCUT2D eigenvalue weighted by atomic mass is 9.67. The molecule has 6 nitrogen and oxygen atoms in total. The Bertz CT molecular complexity index is 768. The predicted octanol–water partition coefficient (Wildman–Crippen LogP) is 3.81. The molecule has 1 aromatic carbocycles. The van der Waals surface area contributed by atoms with E-state index in [1.165, 1.54) is 4.90 Å². The molecular formula is C23H33N3O3S. The van der Waals surface area contributed by atoms with Gasteiger partial charge in [0.1, 0.15) is 12.1 Å². The summed E-state index contributed by atoms with van der Waals surface area (Å²) in [5.74, 6) is 0.906. The largest absolute Gasteiger partial charge is 0.355 e. The van der Waals surface area contributed by atoms with Gasteiger partial charge in [-0.3, -0.25) is 14.5 Å². The molecule has 4 amide bonds. The van der Waals surface area contributed by atoms with E-state index in [0.717, 1.165) is 29.9 Å². The molecule has 1 spiro atoms. The summed E-state index contributed by atoms with van der Waals surface area (Å²) in [7, 11) is 0. The van der Waals surface area contributed by atoms with Crippen molar-refractivity contribution in [1.29, 1.82) is 0 Å². The number of urea groups is 1. The highest BCUT2D eigenvalue weighted by Crippen LogP contribution is 2.43. The molecule has 1 heterocycles. The fourth-order valence-electron chi connectivity index (χ4n) is 4.34. The minimum Gasteiger partial charge on any atom is -0.355 e. The molecule has 7 heteroatoms. The first-order valence-corrected chi connectivity index (χ1v) is 11.8. The van der Waals surface area contributed by atoms with E-state index in [1.807, 2.05) is 18.2 Å². The van der Waals surface area contributed by atoms with Crippen LogP contribution in [0.4, 0.5) is 4.79 Å². The molecule has 2 fully saturated rings. The Labute approximate surface area is 183 Å². The Kier molecular flexibility index (Phi) is 7.11. The average Bonchev–Trinajstić information content (AvgIpc) is 2.92. The van der Waals surface area contributed by atoms with Gasteiger partial charge in [-0.2, -0.15) is 0 Å². The van der Waals surface area contributed by atoms with Crippen molar-refractivity contribution in [3.8, 4) is 0 Å². The Morgan fingerprint density at radius 2 is 1.87 bits per heavy atom. The zero-order chi connectivity index (χ0) is 21.8. The van der Waals surface area contributed by atoms with Gasteiger partial charge in [0, 0.05) is 11.4 Å². The second-order valence-corrected chi connectivity index (χ2v) is 10.6. The molecular weight excluding hydrogens is 398 g/mol. The molecule has 0 unspecified atom stereocenters. The van der Waals surface area contributed by atoms with Crippen LogP contribution in [0.2, 0.25) is 0 Å². The molecule has 0 radical (unpaired) electrons. The normalized spacial score (nSPS) is 24.2. The molecule has 1 aromatic rings. The summed E-state index contributed by atoms with van der Waals surface area (Å²) in [6, 6.07) is 9.68. The van der Waals surface area contributed by atoms with Crippen LogP contribution in [0.15, 0.2) is 35.2 Å². The second-order valence-electron chi connectivity index (χ2n) is 9.41. The summed E-state index contributed by atoms with van der Waals surface area (Å²) in [5.41, 5.74) is -0.614. The van der Waals surface area contributed by atoms with Gasteiger partial charge in [0.05, 0.1) is 0 Å². The number of benzene rings is 1. The monoisotopic (exact) mass is 431 g/mol. The lowest BCUT2D eigenvalue weighted by Gasteiger charge is -2.40. The number of rotatable bonds is 7. The first-order chi connectivity index (χ1) is 14.2. The maximum atomic E-state index is 13.0. The predicted molar refractivity (Wildman–Crippen MR) is 119 cm³/mol. The summed E-state index contributed by atoms with van der Waals surface area (Å²) in [5, 5.41) is 5.72. The molecule has 0 atom stereocenters. The van der Waals surface area contributed by atoms with Crippen LogP contribution >= 0.6 is 11.8 Å². The zero-order valence-electron chi connectivity index (χ0n) is 18.2. The fourth-order valence-corrected chi connectivity index (χ4v) is 5.22. The van der Waals surface area contributed by atoms with Crippen molar-refractivity contribution < 1.29 is 14.4 Å². The number of imide groups is 1. The van der Waals surface area contributed by atoms with E-state index < -0.39 is 11.6 Å². The van der Waals surface area contributed by atoms with Crippen LogP contribution in [0.3, 0.4) is 0 Å². The van der Waals surface area contributed by atoms with Crippen molar-refractivity contribution in [3.63, 3.8) is 0 Å². The van der Waals surface area contributed by atoms with Crippen LogP contribution in [0.25, 0.3) is 0 Å². The van der Waals surface area contributed by atoms with Gasteiger partial charge in [-0.25, -0.2) is 4.79 Å². The molecule has 2 aliphatic rings. The summed E-state index contributed by atoms with van der Waals surface area (Å²) >= 11 is 1.74. The number of amides is 4. The van der Waals surface area contributed by atoms with Gasteiger partial charge in [0.25, 0.3) is 5.91 Å². The number of hydrogen-bond acceptors (Lipinski definition) is 4. The lowest BCUT2D eigenvalue weighted by molar-refractivity contribution is -0.136. The number of thioether (sulfide) groups is 1. The molecule has 2 N–H and O–H groups in total. The van der Waals surface area contributed by atoms with Crippen LogP contribution in [0, 0.1) is 11.3 Å². The average molecular weight is 432 g/mol. The summed E-state index contributed by atoms with van der Waals surface area (Å²) < 4.78 is 0. The molecule has 0 bridgehead atoms. The van der Waals surface area contributed by atoms with E-state index in [1.54, 1.807) is 11.8 Å². The molecule has 1 saturated carbocycles. The van der Waals surface area contributed by atoms with Crippen molar-refractivity contribution in [2.45, 2.75) is 63.3 Å². The summed E-state index contributed by atoms with van der Waals surface area (Å²) in [6.45, 7) is 6.99. The van der Waals surface area contributed by atoms with Crippen LogP contribution in [0.5, 0.6) is 0 Å². The summed E-state index contributed by atoms with van der Waals surface area (Å²) in [6.07, 6.45) is 3.94. The van der Waals surface area contributed by atoms with Crippen molar-refractivity contribution in [2.75, 3.05) is 18.8 Å². The van der Waals surface area contributed by atoms with Crippen molar-refractivity contribution in [1.82, 2.24) is 15.5 Å². The topological polar surface area (TPSA) is 78.5 Å². The van der Waals surface area contributed by atoms with Gasteiger partial charge in [-0.15, -0.1) is 11.8 Å². The number of nitrogens with zero attached hydrogens (tertiary/aromatic N) is 1. The maximum absolute atomic E-state index is 13.0. The van der Waals surface area contributed by atoms with E-state index in [2.05, 4.69) is 43.5 Å². The molecule has 0 aromatic heterocycles. The SMILES string of the molecule is CC(C)(C)C1CCC2(CC1)NC(=O)N(CC(=O)NCCCSc1ccccc1)C2=O. The van der Waals surface area contributed by atoms with Crippen molar-refractivity contribution in [3.05, 3.63) is 30.3 Å². The van der Waals surface area contributed by atoms with E-state index in [9.17, 15) is 14.4 Å². The number of hydrogen-bond donors (Lipinski definition) is 2. The number of carbonyl (C=O) groups excluding carboxylic acids is 3. The first-order valence-electron chi connectivity index (χ1n) is 10.8. The molecule has 164 valence electrons. The van der Waals surface area contributed by atoms with E-state index in [4.69, 9.17) is 0 Å². The zero-order valence-corrected chi connectivity index (χ0v) is 19.0. The quantitative estimate of drug-likeness (QED) is 0.391. The van der Waals surface area contributed by atoms with Crippen LogP contribution in [0.1, 0.15) is 52.9 Å². The highest BCUT2D eigenvalue weighted by Gasteiger charge is 2.53. The van der Waals surface area contributed by atoms with Gasteiger partial charge in [-0.1, -0.05) is 39.0 Å². The summed E-state index contributed by atoms with van der Waals surface area (Å²) in [4.78, 5) is 40.0. The molecule has 30 heavy (non-hydrogen) atoms. The Morgan fingerprint density at radius 1 is 1.20 bits per heavy atom. The van der Waals surface area contributed by atoms with Crippen molar-refractivity contribution >= 4 is 29.6 Å². The number of nitrogens with one attached hydrogen (secondary N) is 2. The third-order valence-electron chi connectivity index (χ3n) is 6.27. The standard InChI is InChI=1S/C23H33N3O3S/c1-22(2,3)17-10-12-23(13-11-17)20(28)26(21(29)25-23)16-19(27)24-14-7-15-30-18-8-5-4-6-9-18/h4-6,8-9,17H,7,10-16H2,1-3H3,(H,24,27)(H,25,29). The van der Waals surface area contributed by atoms with Crippen LogP contribution in [-0.4, -0.2) is 47.1 Å². The van der Waals surface area contributed by atoms with Gasteiger partial charge < -0.3 is 10.6 Å². The van der Waals surface area contributed by atoms with E-state index in [-0.39, 0.29) is 23.8 Å². The first kappa shape index (κ1) is 22.7. The Hall–Kier alpha value is -2.02.